The molecule has 8 heteroatoms. The molecule has 0 atom stereocenters. The van der Waals surface area contributed by atoms with E-state index in [0.717, 1.165) is 5.56 Å². The number of hydrogen-bond donors (Lipinski definition) is 1. The second-order valence-electron chi connectivity index (χ2n) is 6.51. The number of ether oxygens (including phenoxy) is 1. The lowest BCUT2D eigenvalue weighted by atomic mass is 10.0. The van der Waals surface area contributed by atoms with Crippen molar-refractivity contribution in [1.29, 1.82) is 0 Å². The molecule has 0 aliphatic carbocycles. The molecule has 1 amide bonds. The number of primary sulfonamides is 1. The summed E-state index contributed by atoms with van der Waals surface area (Å²) in [4.78, 5) is 18.3. The highest BCUT2D eigenvalue weighted by atomic mass is 32.2. The first kappa shape index (κ1) is 20.5. The van der Waals surface area contributed by atoms with Crippen LogP contribution in [0.1, 0.15) is 15.9 Å². The van der Waals surface area contributed by atoms with Crippen LogP contribution in [-0.4, -0.2) is 38.4 Å². The van der Waals surface area contributed by atoms with Crippen LogP contribution < -0.4 is 9.88 Å². The van der Waals surface area contributed by atoms with Gasteiger partial charge in [0.05, 0.1) is 7.11 Å². The van der Waals surface area contributed by atoms with Gasteiger partial charge >= 0.3 is 0 Å². The van der Waals surface area contributed by atoms with Crippen molar-refractivity contribution in [2.75, 3.05) is 14.2 Å². The Morgan fingerprint density at radius 2 is 1.76 bits per heavy atom. The highest BCUT2D eigenvalue weighted by Gasteiger charge is 2.17. The van der Waals surface area contributed by atoms with E-state index < -0.39 is 10.0 Å². The van der Waals surface area contributed by atoms with Crippen molar-refractivity contribution in [3.63, 3.8) is 0 Å². The predicted molar refractivity (Wildman–Crippen MR) is 110 cm³/mol. The van der Waals surface area contributed by atoms with Gasteiger partial charge in [-0.05, 0) is 53.1 Å². The fourth-order valence-corrected chi connectivity index (χ4v) is 3.69. The number of nitrogens with two attached hydrogens (primary N) is 1. The van der Waals surface area contributed by atoms with E-state index in [2.05, 4.69) is 4.98 Å². The van der Waals surface area contributed by atoms with Gasteiger partial charge in [-0.2, -0.15) is 0 Å². The molecule has 0 fully saturated rings. The van der Waals surface area contributed by atoms with Crippen molar-refractivity contribution >= 4 is 15.9 Å². The van der Waals surface area contributed by atoms with Crippen LogP contribution in [0.15, 0.2) is 71.9 Å². The van der Waals surface area contributed by atoms with Crippen LogP contribution in [0.25, 0.3) is 11.1 Å². The van der Waals surface area contributed by atoms with Crippen molar-refractivity contribution in [3.8, 4) is 16.9 Å². The van der Waals surface area contributed by atoms with Crippen LogP contribution in [0.4, 0.5) is 0 Å². The highest BCUT2D eigenvalue weighted by Crippen LogP contribution is 2.29. The summed E-state index contributed by atoms with van der Waals surface area (Å²) in [7, 11) is -0.855. The van der Waals surface area contributed by atoms with Crippen LogP contribution in [0.3, 0.4) is 0 Å². The number of carbonyl (C=O) groups is 1. The molecular weight excluding hydrogens is 390 g/mol. The molecular formula is C21H21N3O4S. The minimum absolute atomic E-state index is 0.107. The SMILES string of the molecule is COc1ccc(-c2cccc(C(=O)N(C)Cc3ccncc3)c2)cc1S(N)(=O)=O. The van der Waals surface area contributed by atoms with Gasteiger partial charge < -0.3 is 9.64 Å². The van der Waals surface area contributed by atoms with E-state index in [4.69, 9.17) is 9.88 Å². The lowest BCUT2D eigenvalue weighted by Gasteiger charge is -2.18. The van der Waals surface area contributed by atoms with E-state index >= 15 is 0 Å². The standard InChI is InChI=1S/C21H21N3O4S/c1-24(14-15-8-10-23-11-9-15)21(25)18-5-3-4-16(12-18)17-6-7-19(28-2)20(13-17)29(22,26)27/h3-13H,14H2,1-2H3,(H2,22,26,27). The van der Waals surface area contributed by atoms with Gasteiger partial charge in [0.1, 0.15) is 10.6 Å². The van der Waals surface area contributed by atoms with E-state index in [1.54, 1.807) is 60.7 Å². The lowest BCUT2D eigenvalue weighted by molar-refractivity contribution is 0.0785. The van der Waals surface area contributed by atoms with Gasteiger partial charge in [-0.15, -0.1) is 0 Å². The monoisotopic (exact) mass is 411 g/mol. The number of rotatable bonds is 6. The zero-order valence-corrected chi connectivity index (χ0v) is 16.9. The predicted octanol–water partition coefficient (Wildman–Crippen LogP) is 2.68. The highest BCUT2D eigenvalue weighted by molar-refractivity contribution is 7.89. The molecule has 0 unspecified atom stereocenters. The molecule has 7 nitrogen and oxygen atoms in total. The number of amides is 1. The Morgan fingerprint density at radius 1 is 1.07 bits per heavy atom. The summed E-state index contributed by atoms with van der Waals surface area (Å²) in [6, 6.07) is 15.4. The van der Waals surface area contributed by atoms with Gasteiger partial charge in [0.25, 0.3) is 5.91 Å². The minimum atomic E-state index is -3.96. The molecule has 2 aromatic carbocycles. The quantitative estimate of drug-likeness (QED) is 0.672. The van der Waals surface area contributed by atoms with Crippen molar-refractivity contribution in [2.45, 2.75) is 11.4 Å². The van der Waals surface area contributed by atoms with Crippen molar-refractivity contribution in [2.24, 2.45) is 5.14 Å². The Balaban J connectivity index is 1.91. The molecule has 2 N–H and O–H groups in total. The molecule has 1 aromatic heterocycles. The number of pyridine rings is 1. The number of aromatic nitrogens is 1. The topological polar surface area (TPSA) is 103 Å². The molecule has 0 saturated heterocycles. The van der Waals surface area contributed by atoms with E-state index in [0.29, 0.717) is 23.2 Å². The van der Waals surface area contributed by atoms with Gasteiger partial charge in [-0.3, -0.25) is 9.78 Å². The Kier molecular flexibility index (Phi) is 5.95. The fraction of sp³-hybridized carbons (Fsp3) is 0.143. The van der Waals surface area contributed by atoms with Gasteiger partial charge in [-0.25, -0.2) is 13.6 Å². The summed E-state index contributed by atoms with van der Waals surface area (Å²) in [5.41, 5.74) is 2.77. The zero-order chi connectivity index (χ0) is 21.0. The molecule has 150 valence electrons. The molecule has 0 bridgehead atoms. The van der Waals surface area contributed by atoms with Gasteiger partial charge in [-0.1, -0.05) is 18.2 Å². The van der Waals surface area contributed by atoms with Crippen LogP contribution in [0.2, 0.25) is 0 Å². The normalized spacial score (nSPS) is 11.1. The van der Waals surface area contributed by atoms with Crippen LogP contribution in [-0.2, 0) is 16.6 Å². The molecule has 0 spiro atoms. The van der Waals surface area contributed by atoms with Gasteiger partial charge in [0.15, 0.2) is 0 Å². The second kappa shape index (κ2) is 8.42. The molecule has 29 heavy (non-hydrogen) atoms. The molecule has 0 aliphatic rings. The Labute approximate surface area is 169 Å². The van der Waals surface area contributed by atoms with E-state index in [-0.39, 0.29) is 16.6 Å². The number of hydrogen-bond acceptors (Lipinski definition) is 5. The van der Waals surface area contributed by atoms with Crippen LogP contribution >= 0.6 is 0 Å². The maximum Gasteiger partial charge on any atom is 0.253 e. The summed E-state index contributed by atoms with van der Waals surface area (Å²) in [5.74, 6) is 0.0180. The second-order valence-corrected chi connectivity index (χ2v) is 8.04. The van der Waals surface area contributed by atoms with Crippen molar-refractivity contribution < 1.29 is 17.9 Å². The van der Waals surface area contributed by atoms with Crippen LogP contribution in [0.5, 0.6) is 5.75 Å². The Bertz CT molecular complexity index is 1130. The number of carbonyl (C=O) groups excluding carboxylic acids is 1. The third-order valence-corrected chi connectivity index (χ3v) is 5.36. The molecule has 1 heterocycles. The largest absolute Gasteiger partial charge is 0.495 e. The number of methoxy groups -OCH3 is 1. The third-order valence-electron chi connectivity index (χ3n) is 4.43. The zero-order valence-electron chi connectivity index (χ0n) is 16.1. The summed E-state index contributed by atoms with van der Waals surface area (Å²) < 4.78 is 28.8. The number of sulfonamides is 1. The average Bonchev–Trinajstić information content (AvgIpc) is 2.73. The maximum atomic E-state index is 12.8. The Morgan fingerprint density at radius 3 is 2.41 bits per heavy atom. The van der Waals surface area contributed by atoms with E-state index in [1.807, 2.05) is 12.1 Å². The van der Waals surface area contributed by atoms with Crippen molar-refractivity contribution in [1.82, 2.24) is 9.88 Å². The average molecular weight is 411 g/mol. The molecule has 0 aliphatic heterocycles. The molecule has 3 rings (SSSR count). The van der Waals surface area contributed by atoms with E-state index in [1.165, 1.54) is 13.2 Å². The summed E-state index contributed by atoms with van der Waals surface area (Å²) in [6.07, 6.45) is 3.36. The van der Waals surface area contributed by atoms with E-state index in [9.17, 15) is 13.2 Å². The third kappa shape index (κ3) is 4.79. The fourth-order valence-electron chi connectivity index (χ4n) is 2.96. The minimum Gasteiger partial charge on any atom is -0.495 e. The smallest absolute Gasteiger partial charge is 0.253 e. The molecule has 0 saturated carbocycles. The van der Waals surface area contributed by atoms with Gasteiger partial charge in [0.2, 0.25) is 10.0 Å². The molecule has 0 radical (unpaired) electrons. The first-order valence-electron chi connectivity index (χ1n) is 8.75. The van der Waals surface area contributed by atoms with Crippen molar-refractivity contribution in [3.05, 3.63) is 78.1 Å². The molecule has 3 aromatic rings. The number of nitrogens with zero attached hydrogens (tertiary/aromatic N) is 2. The van der Waals surface area contributed by atoms with Gasteiger partial charge in [0, 0.05) is 31.5 Å². The summed E-state index contributed by atoms with van der Waals surface area (Å²) in [5, 5.41) is 5.30. The van der Waals surface area contributed by atoms with Crippen LogP contribution in [0, 0.1) is 0 Å². The lowest BCUT2D eigenvalue weighted by Crippen LogP contribution is -2.26. The first-order chi connectivity index (χ1) is 13.8. The maximum absolute atomic E-state index is 12.8. The Hall–Kier alpha value is -3.23. The summed E-state index contributed by atoms with van der Waals surface area (Å²) in [6.45, 7) is 0.448. The summed E-state index contributed by atoms with van der Waals surface area (Å²) >= 11 is 0. The first-order valence-corrected chi connectivity index (χ1v) is 10.3. The number of benzene rings is 2.